The Hall–Kier alpha value is -2.86. The minimum absolute atomic E-state index is 0.128. The molecule has 140 valence electrons. The summed E-state index contributed by atoms with van der Waals surface area (Å²) in [5.74, 6) is 1.29. The van der Waals surface area contributed by atoms with Crippen molar-refractivity contribution >= 4 is 28.1 Å². The zero-order valence-electron chi connectivity index (χ0n) is 15.5. The molecule has 6 nitrogen and oxygen atoms in total. The first-order valence-electron chi connectivity index (χ1n) is 9.48. The van der Waals surface area contributed by atoms with Crippen LogP contribution in [0.1, 0.15) is 31.2 Å². The van der Waals surface area contributed by atoms with Crippen LogP contribution < -0.4 is 21.9 Å². The van der Waals surface area contributed by atoms with Crippen LogP contribution in [0.3, 0.4) is 0 Å². The maximum Gasteiger partial charge on any atom is 0.259 e. The van der Waals surface area contributed by atoms with Crippen LogP contribution >= 0.6 is 0 Å². The van der Waals surface area contributed by atoms with Gasteiger partial charge >= 0.3 is 0 Å². The van der Waals surface area contributed by atoms with Gasteiger partial charge in [0.15, 0.2) is 0 Å². The van der Waals surface area contributed by atoms with Gasteiger partial charge in [0.25, 0.3) is 5.56 Å². The number of H-pyrrole nitrogens is 1. The predicted molar refractivity (Wildman–Crippen MR) is 111 cm³/mol. The number of aromatic amines is 1. The van der Waals surface area contributed by atoms with E-state index >= 15 is 0 Å². The van der Waals surface area contributed by atoms with Crippen molar-refractivity contribution in [1.29, 1.82) is 0 Å². The van der Waals surface area contributed by atoms with E-state index in [4.69, 9.17) is 10.7 Å². The molecule has 1 aromatic carbocycles. The summed E-state index contributed by atoms with van der Waals surface area (Å²) in [5, 5.41) is 8.20. The lowest BCUT2D eigenvalue weighted by Crippen LogP contribution is -2.42. The Morgan fingerprint density at radius 3 is 2.85 bits per heavy atom. The monoisotopic (exact) mass is 363 g/mol. The quantitative estimate of drug-likeness (QED) is 0.567. The summed E-state index contributed by atoms with van der Waals surface area (Å²) in [6, 6.07) is 12.2. The van der Waals surface area contributed by atoms with Crippen molar-refractivity contribution in [3.8, 4) is 0 Å². The first-order chi connectivity index (χ1) is 13.1. The van der Waals surface area contributed by atoms with E-state index in [2.05, 4.69) is 15.6 Å². The van der Waals surface area contributed by atoms with Gasteiger partial charge in [0.2, 0.25) is 0 Å². The van der Waals surface area contributed by atoms with Crippen molar-refractivity contribution in [3.05, 3.63) is 58.5 Å². The van der Waals surface area contributed by atoms with E-state index in [1.54, 1.807) is 6.20 Å². The number of hydrogen-bond acceptors (Lipinski definition) is 5. The average Bonchev–Trinajstić information content (AvgIpc) is 2.64. The second kappa shape index (κ2) is 7.40. The number of rotatable bonds is 4. The standard InChI is InChI=1S/C21H25N5O/c1-13-5-4-6-15(11-13)24-20-19-14(9-10-23-21(19)27)12-18(26-20)25-17-8-3-2-7-16(17)22/h4-6,9-12,16-17H,2-3,7-8,22H2,1H3,(H,23,27)(H2,24,25,26). The number of anilines is 3. The molecule has 0 spiro atoms. The molecule has 2 atom stereocenters. The Morgan fingerprint density at radius 2 is 2.04 bits per heavy atom. The van der Waals surface area contributed by atoms with Gasteiger partial charge in [-0.05, 0) is 55.0 Å². The minimum Gasteiger partial charge on any atom is -0.366 e. The molecule has 1 saturated carbocycles. The smallest absolute Gasteiger partial charge is 0.259 e. The minimum atomic E-state index is -0.156. The second-order valence-corrected chi connectivity index (χ2v) is 7.32. The molecule has 0 amide bonds. The van der Waals surface area contributed by atoms with E-state index in [9.17, 15) is 4.79 Å². The molecule has 1 aliphatic carbocycles. The van der Waals surface area contributed by atoms with E-state index < -0.39 is 0 Å². The van der Waals surface area contributed by atoms with Crippen molar-refractivity contribution < 1.29 is 0 Å². The summed E-state index contributed by atoms with van der Waals surface area (Å²) in [6.07, 6.45) is 6.08. The van der Waals surface area contributed by atoms with Gasteiger partial charge < -0.3 is 21.4 Å². The first-order valence-corrected chi connectivity index (χ1v) is 9.48. The van der Waals surface area contributed by atoms with E-state index in [0.717, 1.165) is 35.3 Å². The number of nitrogens with one attached hydrogen (secondary N) is 3. The molecule has 27 heavy (non-hydrogen) atoms. The van der Waals surface area contributed by atoms with Crippen LogP contribution in [0.15, 0.2) is 47.4 Å². The number of nitrogens with zero attached hydrogens (tertiary/aromatic N) is 1. The molecule has 0 aliphatic heterocycles. The Bertz CT molecular complexity index is 1010. The molecule has 2 unspecified atom stereocenters. The summed E-state index contributed by atoms with van der Waals surface area (Å²) < 4.78 is 0. The van der Waals surface area contributed by atoms with Gasteiger partial charge in [0.05, 0.1) is 5.39 Å². The van der Waals surface area contributed by atoms with Gasteiger partial charge in [-0.3, -0.25) is 4.79 Å². The number of fused-ring (bicyclic) bond motifs is 1. The van der Waals surface area contributed by atoms with Crippen LogP contribution in [0.2, 0.25) is 0 Å². The number of aromatic nitrogens is 2. The van der Waals surface area contributed by atoms with Gasteiger partial charge in [0, 0.05) is 24.0 Å². The average molecular weight is 363 g/mol. The fourth-order valence-corrected chi connectivity index (χ4v) is 3.77. The third-order valence-corrected chi connectivity index (χ3v) is 5.19. The highest BCUT2D eigenvalue weighted by atomic mass is 16.1. The van der Waals surface area contributed by atoms with Crippen molar-refractivity contribution in [3.63, 3.8) is 0 Å². The molecule has 0 bridgehead atoms. The summed E-state index contributed by atoms with van der Waals surface area (Å²) >= 11 is 0. The third-order valence-electron chi connectivity index (χ3n) is 5.19. The highest BCUT2D eigenvalue weighted by molar-refractivity contribution is 5.94. The fraction of sp³-hybridized carbons (Fsp3) is 0.333. The predicted octanol–water partition coefficient (Wildman–Crippen LogP) is 3.66. The molecule has 5 N–H and O–H groups in total. The maximum atomic E-state index is 12.4. The van der Waals surface area contributed by atoms with Crippen molar-refractivity contribution in [2.24, 2.45) is 5.73 Å². The van der Waals surface area contributed by atoms with Crippen LogP contribution in [0, 0.1) is 6.92 Å². The van der Waals surface area contributed by atoms with Gasteiger partial charge in [-0.2, -0.15) is 0 Å². The largest absolute Gasteiger partial charge is 0.366 e. The zero-order valence-corrected chi connectivity index (χ0v) is 15.5. The Kier molecular flexibility index (Phi) is 4.81. The van der Waals surface area contributed by atoms with Crippen LogP contribution in [0.4, 0.5) is 17.3 Å². The third kappa shape index (κ3) is 3.80. The first kappa shape index (κ1) is 17.5. The van der Waals surface area contributed by atoms with Crippen molar-refractivity contribution in [2.45, 2.75) is 44.7 Å². The summed E-state index contributed by atoms with van der Waals surface area (Å²) in [6.45, 7) is 2.03. The number of pyridine rings is 2. The lowest BCUT2D eigenvalue weighted by molar-refractivity contribution is 0.403. The fourth-order valence-electron chi connectivity index (χ4n) is 3.77. The molecule has 1 fully saturated rings. The summed E-state index contributed by atoms with van der Waals surface area (Å²) in [7, 11) is 0. The number of hydrogen-bond donors (Lipinski definition) is 4. The molecule has 6 heteroatoms. The Labute approximate surface area is 158 Å². The van der Waals surface area contributed by atoms with Gasteiger partial charge in [-0.25, -0.2) is 4.98 Å². The molecule has 0 saturated heterocycles. The van der Waals surface area contributed by atoms with E-state index in [-0.39, 0.29) is 17.6 Å². The maximum absolute atomic E-state index is 12.4. The van der Waals surface area contributed by atoms with Gasteiger partial charge in [0.1, 0.15) is 11.6 Å². The number of nitrogens with two attached hydrogens (primary N) is 1. The molecule has 2 aromatic heterocycles. The van der Waals surface area contributed by atoms with Gasteiger partial charge in [-0.15, -0.1) is 0 Å². The molecule has 2 heterocycles. The molecule has 1 aliphatic rings. The van der Waals surface area contributed by atoms with Crippen LogP contribution in [-0.4, -0.2) is 22.1 Å². The summed E-state index contributed by atoms with van der Waals surface area (Å²) in [5.41, 5.74) is 8.17. The highest BCUT2D eigenvalue weighted by Gasteiger charge is 2.22. The second-order valence-electron chi connectivity index (χ2n) is 7.32. The molecule has 0 radical (unpaired) electrons. The molecular formula is C21H25N5O. The number of benzene rings is 1. The van der Waals surface area contributed by atoms with Gasteiger partial charge in [-0.1, -0.05) is 25.0 Å². The van der Waals surface area contributed by atoms with E-state index in [1.165, 1.54) is 12.8 Å². The normalized spacial score (nSPS) is 19.8. The topological polar surface area (TPSA) is 95.8 Å². The SMILES string of the molecule is Cc1cccc(Nc2nc(NC3CCCCC3N)cc3cc[nH]c(=O)c23)c1. The van der Waals surface area contributed by atoms with Crippen LogP contribution in [-0.2, 0) is 0 Å². The van der Waals surface area contributed by atoms with E-state index in [1.807, 2.05) is 43.3 Å². The zero-order chi connectivity index (χ0) is 18.8. The lowest BCUT2D eigenvalue weighted by Gasteiger charge is -2.30. The Morgan fingerprint density at radius 1 is 1.19 bits per heavy atom. The van der Waals surface area contributed by atoms with Crippen LogP contribution in [0.5, 0.6) is 0 Å². The van der Waals surface area contributed by atoms with Crippen molar-refractivity contribution in [2.75, 3.05) is 10.6 Å². The highest BCUT2D eigenvalue weighted by Crippen LogP contribution is 2.27. The molecule has 3 aromatic rings. The van der Waals surface area contributed by atoms with Crippen LogP contribution in [0.25, 0.3) is 10.8 Å². The number of aryl methyl sites for hydroxylation is 1. The molecular weight excluding hydrogens is 338 g/mol. The summed E-state index contributed by atoms with van der Waals surface area (Å²) in [4.78, 5) is 19.9. The Balaban J connectivity index is 1.74. The van der Waals surface area contributed by atoms with E-state index in [0.29, 0.717) is 11.2 Å². The van der Waals surface area contributed by atoms with Crippen molar-refractivity contribution in [1.82, 2.24) is 9.97 Å². The molecule has 4 rings (SSSR count). The lowest BCUT2D eigenvalue weighted by atomic mass is 9.91.